The van der Waals surface area contributed by atoms with Gasteiger partial charge in [0.15, 0.2) is 5.82 Å². The molecule has 4 heteroatoms. The average Bonchev–Trinajstić information content (AvgIpc) is 3.25. The maximum Gasteiger partial charge on any atom is 0.159 e. The number of nitrogens with zero attached hydrogens (tertiary/aromatic N) is 4. The summed E-state index contributed by atoms with van der Waals surface area (Å²) in [6.45, 7) is 0. The molecule has 0 N–H and O–H groups in total. The molecule has 54 heavy (non-hydrogen) atoms. The van der Waals surface area contributed by atoms with Crippen LogP contribution >= 0.6 is 0 Å². The van der Waals surface area contributed by atoms with Gasteiger partial charge in [0, 0.05) is 45.4 Å². The molecule has 250 valence electrons. The topological polar surface area (TPSA) is 51.6 Å². The maximum absolute atomic E-state index is 5.23. The Hall–Kier alpha value is -7.30. The quantitative estimate of drug-likeness (QED) is 0.169. The van der Waals surface area contributed by atoms with E-state index < -0.39 is 0 Å². The van der Waals surface area contributed by atoms with E-state index in [9.17, 15) is 0 Å². The van der Waals surface area contributed by atoms with Crippen LogP contribution in [0.4, 0.5) is 0 Å². The third-order valence-electron chi connectivity index (χ3n) is 10.7. The number of rotatable bonds is 5. The number of fused-ring (bicyclic) bond motifs is 3. The van der Waals surface area contributed by atoms with Gasteiger partial charge < -0.3 is 0 Å². The van der Waals surface area contributed by atoms with Crippen LogP contribution < -0.4 is 0 Å². The molecule has 0 aliphatic rings. The van der Waals surface area contributed by atoms with E-state index in [1.165, 1.54) is 43.4 Å². The molecular formula is C50H30N4. The summed E-state index contributed by atoms with van der Waals surface area (Å²) < 4.78 is 0. The molecule has 3 aromatic heterocycles. The highest BCUT2D eigenvalue weighted by atomic mass is 14.9. The van der Waals surface area contributed by atoms with Gasteiger partial charge in [0.25, 0.3) is 0 Å². The van der Waals surface area contributed by atoms with Crippen molar-refractivity contribution in [2.45, 2.75) is 0 Å². The molecule has 11 aromatic rings. The molecule has 0 amide bonds. The Balaban J connectivity index is 0.942. The van der Waals surface area contributed by atoms with E-state index in [0.717, 1.165) is 61.0 Å². The first-order valence-electron chi connectivity index (χ1n) is 18.2. The smallest absolute Gasteiger partial charge is 0.159 e. The Morgan fingerprint density at radius 2 is 0.852 bits per heavy atom. The van der Waals surface area contributed by atoms with Crippen molar-refractivity contribution in [2.24, 2.45) is 0 Å². The lowest BCUT2D eigenvalue weighted by Crippen LogP contribution is -1.93. The predicted molar refractivity (Wildman–Crippen MR) is 224 cm³/mol. The van der Waals surface area contributed by atoms with Crippen molar-refractivity contribution in [1.29, 1.82) is 0 Å². The molecule has 0 atom stereocenters. The van der Waals surface area contributed by atoms with E-state index in [1.807, 2.05) is 42.7 Å². The second-order valence-electron chi connectivity index (χ2n) is 13.9. The van der Waals surface area contributed by atoms with Crippen LogP contribution in [0.25, 0.3) is 110 Å². The fraction of sp³-hybridized carbons (Fsp3) is 0. The molecule has 0 bridgehead atoms. The minimum Gasteiger partial charge on any atom is -0.245 e. The highest BCUT2D eigenvalue weighted by Gasteiger charge is 2.14. The van der Waals surface area contributed by atoms with E-state index in [-0.39, 0.29) is 0 Å². The molecule has 0 radical (unpaired) electrons. The van der Waals surface area contributed by atoms with Gasteiger partial charge in [0.05, 0.1) is 22.4 Å². The normalized spacial score (nSPS) is 11.7. The summed E-state index contributed by atoms with van der Waals surface area (Å²) in [5.74, 6) is 0.680. The van der Waals surface area contributed by atoms with Gasteiger partial charge in [-0.05, 0) is 67.2 Å². The monoisotopic (exact) mass is 686 g/mol. The second kappa shape index (κ2) is 12.1. The van der Waals surface area contributed by atoms with Crippen LogP contribution in [-0.2, 0) is 0 Å². The standard InChI is InChI=1S/C50H30N4/c1-2-6-31(7-3-1)41-29-51-50(52-30-41)40-11-5-10-39(28-40)45-27-23-38-19-18-37-22-26-44(53-48(37)49(38)54-45)33-14-12-32(13-15-33)42-24-20-36-17-16-34-8-4-9-35-21-25-43(42)47(36)46(34)35/h1-30H. The first-order valence-corrected chi connectivity index (χ1v) is 18.2. The molecule has 3 heterocycles. The molecule has 0 fully saturated rings. The third-order valence-corrected chi connectivity index (χ3v) is 10.7. The van der Waals surface area contributed by atoms with Crippen LogP contribution in [0.3, 0.4) is 0 Å². The summed E-state index contributed by atoms with van der Waals surface area (Å²) in [5.41, 5.74) is 11.1. The van der Waals surface area contributed by atoms with Gasteiger partial charge in [0.1, 0.15) is 0 Å². The average molecular weight is 687 g/mol. The molecule has 4 nitrogen and oxygen atoms in total. The first-order chi connectivity index (χ1) is 26.7. The highest BCUT2D eigenvalue weighted by molar-refractivity contribution is 6.25. The van der Waals surface area contributed by atoms with E-state index in [1.54, 1.807) is 0 Å². The van der Waals surface area contributed by atoms with Crippen LogP contribution in [-0.4, -0.2) is 19.9 Å². The minimum atomic E-state index is 0.680. The molecule has 11 rings (SSSR count). The van der Waals surface area contributed by atoms with Gasteiger partial charge in [-0.1, -0.05) is 152 Å². The number of aromatic nitrogens is 4. The Bertz CT molecular complexity index is 3170. The summed E-state index contributed by atoms with van der Waals surface area (Å²) in [6, 6.07) is 60.1. The van der Waals surface area contributed by atoms with Crippen molar-refractivity contribution in [2.75, 3.05) is 0 Å². The van der Waals surface area contributed by atoms with Crippen molar-refractivity contribution in [3.05, 3.63) is 182 Å². The Kier molecular flexibility index (Phi) is 6.82. The SMILES string of the molecule is c1ccc(-c2cnc(-c3cccc(-c4ccc5ccc6ccc(-c7ccc(-c8ccc9ccc%10cccc%11ccc8c9c%10%11)cc7)nc6c5n4)c3)nc2)cc1. The number of hydrogen-bond acceptors (Lipinski definition) is 4. The molecule has 8 aromatic carbocycles. The number of pyridine rings is 2. The first kappa shape index (κ1) is 30.3. The van der Waals surface area contributed by atoms with Crippen LogP contribution in [0.2, 0.25) is 0 Å². The van der Waals surface area contributed by atoms with Crippen LogP contribution in [0.1, 0.15) is 0 Å². The van der Waals surface area contributed by atoms with Gasteiger partial charge in [-0.3, -0.25) is 0 Å². The van der Waals surface area contributed by atoms with E-state index in [2.05, 4.69) is 140 Å². The Labute approximate surface area is 311 Å². The predicted octanol–water partition coefficient (Wildman–Crippen LogP) is 12.8. The third kappa shape index (κ3) is 5.00. The van der Waals surface area contributed by atoms with Gasteiger partial charge >= 0.3 is 0 Å². The van der Waals surface area contributed by atoms with Crippen molar-refractivity contribution >= 4 is 54.1 Å². The number of benzene rings is 8. The van der Waals surface area contributed by atoms with Gasteiger partial charge in [-0.25, -0.2) is 19.9 Å². The lowest BCUT2D eigenvalue weighted by atomic mass is 9.89. The molecular weight excluding hydrogens is 657 g/mol. The summed E-state index contributed by atoms with van der Waals surface area (Å²) in [4.78, 5) is 19.8. The van der Waals surface area contributed by atoms with Crippen molar-refractivity contribution in [1.82, 2.24) is 19.9 Å². The summed E-state index contributed by atoms with van der Waals surface area (Å²) in [6.07, 6.45) is 3.77. The van der Waals surface area contributed by atoms with E-state index in [0.29, 0.717) is 5.82 Å². The van der Waals surface area contributed by atoms with Crippen LogP contribution in [0, 0.1) is 0 Å². The second-order valence-corrected chi connectivity index (χ2v) is 13.9. The Morgan fingerprint density at radius 3 is 1.57 bits per heavy atom. The van der Waals surface area contributed by atoms with Crippen LogP contribution in [0.5, 0.6) is 0 Å². The molecule has 0 saturated heterocycles. The molecule has 0 aliphatic heterocycles. The van der Waals surface area contributed by atoms with Crippen molar-refractivity contribution < 1.29 is 0 Å². The molecule has 0 unspecified atom stereocenters. The van der Waals surface area contributed by atoms with Gasteiger partial charge in [0.2, 0.25) is 0 Å². The van der Waals surface area contributed by atoms with E-state index >= 15 is 0 Å². The maximum atomic E-state index is 5.23. The lowest BCUT2D eigenvalue weighted by molar-refractivity contribution is 1.18. The van der Waals surface area contributed by atoms with Crippen molar-refractivity contribution in [3.8, 4) is 56.2 Å². The zero-order valence-corrected chi connectivity index (χ0v) is 29.1. The fourth-order valence-corrected chi connectivity index (χ4v) is 7.97. The van der Waals surface area contributed by atoms with Crippen LogP contribution in [0.15, 0.2) is 182 Å². The molecule has 0 spiro atoms. The largest absolute Gasteiger partial charge is 0.245 e. The Morgan fingerprint density at radius 1 is 0.315 bits per heavy atom. The zero-order valence-electron chi connectivity index (χ0n) is 29.1. The molecule has 0 saturated carbocycles. The fourth-order valence-electron chi connectivity index (χ4n) is 7.97. The van der Waals surface area contributed by atoms with Crippen molar-refractivity contribution in [3.63, 3.8) is 0 Å². The minimum absolute atomic E-state index is 0.680. The molecule has 0 aliphatic carbocycles. The van der Waals surface area contributed by atoms with E-state index in [4.69, 9.17) is 19.9 Å². The number of hydrogen-bond donors (Lipinski definition) is 0. The lowest BCUT2D eigenvalue weighted by Gasteiger charge is -2.14. The zero-order chi connectivity index (χ0) is 35.6. The summed E-state index contributed by atoms with van der Waals surface area (Å²) in [7, 11) is 0. The highest BCUT2D eigenvalue weighted by Crippen LogP contribution is 2.40. The summed E-state index contributed by atoms with van der Waals surface area (Å²) >= 11 is 0. The van der Waals surface area contributed by atoms with Gasteiger partial charge in [-0.2, -0.15) is 0 Å². The summed E-state index contributed by atoms with van der Waals surface area (Å²) in [5, 5.41) is 9.89. The van der Waals surface area contributed by atoms with Gasteiger partial charge in [-0.15, -0.1) is 0 Å².